The predicted molar refractivity (Wildman–Crippen MR) is 114 cm³/mol. The molecule has 2 rings (SSSR count). The number of nitrogens with one attached hydrogen (secondary N) is 2. The highest BCUT2D eigenvalue weighted by atomic mass is 16.5. The zero-order valence-corrected chi connectivity index (χ0v) is 17.1. The average Bonchev–Trinajstić information content (AvgIpc) is 2.71. The standard InChI is InChI=1S/C24H28N2O3/c1-5-15-29-21-13-11-19(12-14-21)16-22(27)26-23(17(2)3)24(28)25-18(4)20-9-7-6-8-10-20/h1,6-14,17-18,23H,15-16H2,2-4H3,(H,25,28)(H,26,27). The van der Waals surface area contributed by atoms with Gasteiger partial charge in [-0.25, -0.2) is 0 Å². The highest BCUT2D eigenvalue weighted by molar-refractivity contribution is 5.88. The Morgan fingerprint density at radius 3 is 2.24 bits per heavy atom. The smallest absolute Gasteiger partial charge is 0.243 e. The van der Waals surface area contributed by atoms with E-state index < -0.39 is 6.04 Å². The lowest BCUT2D eigenvalue weighted by Crippen LogP contribution is -2.50. The summed E-state index contributed by atoms with van der Waals surface area (Å²) in [5.41, 5.74) is 1.85. The number of hydrogen-bond donors (Lipinski definition) is 2. The van der Waals surface area contributed by atoms with Crippen LogP contribution in [-0.4, -0.2) is 24.5 Å². The Morgan fingerprint density at radius 2 is 1.66 bits per heavy atom. The Balaban J connectivity index is 1.94. The van der Waals surface area contributed by atoms with Gasteiger partial charge in [-0.15, -0.1) is 6.42 Å². The van der Waals surface area contributed by atoms with E-state index in [4.69, 9.17) is 11.2 Å². The first-order valence-corrected chi connectivity index (χ1v) is 9.70. The van der Waals surface area contributed by atoms with Crippen LogP contribution < -0.4 is 15.4 Å². The van der Waals surface area contributed by atoms with Crippen LogP contribution in [0.15, 0.2) is 54.6 Å². The minimum atomic E-state index is -0.605. The summed E-state index contributed by atoms with van der Waals surface area (Å²) in [4.78, 5) is 25.2. The third kappa shape index (κ3) is 7.00. The lowest BCUT2D eigenvalue weighted by molar-refractivity contribution is -0.130. The molecule has 0 aliphatic rings. The Kier molecular flexibility index (Phi) is 8.29. The van der Waals surface area contributed by atoms with Crippen LogP contribution in [-0.2, 0) is 16.0 Å². The second kappa shape index (κ2) is 10.9. The molecular weight excluding hydrogens is 364 g/mol. The van der Waals surface area contributed by atoms with Crippen LogP contribution in [0.1, 0.15) is 37.9 Å². The van der Waals surface area contributed by atoms with E-state index in [-0.39, 0.29) is 36.8 Å². The Bertz CT molecular complexity index is 839. The molecule has 2 unspecified atom stereocenters. The summed E-state index contributed by atoms with van der Waals surface area (Å²) >= 11 is 0. The van der Waals surface area contributed by atoms with Crippen molar-refractivity contribution < 1.29 is 14.3 Å². The number of benzene rings is 2. The predicted octanol–water partition coefficient (Wildman–Crippen LogP) is 3.26. The van der Waals surface area contributed by atoms with Crippen molar-refractivity contribution >= 4 is 11.8 Å². The van der Waals surface area contributed by atoms with Crippen molar-refractivity contribution in [2.45, 2.75) is 39.3 Å². The van der Waals surface area contributed by atoms with Crippen molar-refractivity contribution in [2.75, 3.05) is 6.61 Å². The Hall–Kier alpha value is -3.26. The largest absolute Gasteiger partial charge is 0.481 e. The molecule has 5 nitrogen and oxygen atoms in total. The van der Waals surface area contributed by atoms with E-state index in [1.165, 1.54) is 0 Å². The summed E-state index contributed by atoms with van der Waals surface area (Å²) in [6.07, 6.45) is 5.35. The third-order valence-electron chi connectivity index (χ3n) is 4.53. The summed E-state index contributed by atoms with van der Waals surface area (Å²) in [7, 11) is 0. The van der Waals surface area contributed by atoms with Gasteiger partial charge >= 0.3 is 0 Å². The molecule has 5 heteroatoms. The van der Waals surface area contributed by atoms with Crippen molar-refractivity contribution in [3.8, 4) is 18.1 Å². The number of rotatable bonds is 9. The van der Waals surface area contributed by atoms with Gasteiger partial charge in [-0.2, -0.15) is 0 Å². The van der Waals surface area contributed by atoms with Gasteiger partial charge < -0.3 is 15.4 Å². The minimum Gasteiger partial charge on any atom is -0.481 e. The quantitative estimate of drug-likeness (QED) is 0.644. The van der Waals surface area contributed by atoms with Crippen molar-refractivity contribution in [1.82, 2.24) is 10.6 Å². The van der Waals surface area contributed by atoms with Crippen LogP contribution in [0.4, 0.5) is 0 Å². The topological polar surface area (TPSA) is 67.4 Å². The number of carbonyl (C=O) groups excluding carboxylic acids is 2. The van der Waals surface area contributed by atoms with Gasteiger partial charge in [-0.3, -0.25) is 9.59 Å². The number of amides is 2. The van der Waals surface area contributed by atoms with Crippen LogP contribution in [0, 0.1) is 18.3 Å². The molecule has 2 aromatic carbocycles. The minimum absolute atomic E-state index is 0.0403. The Labute approximate surface area is 172 Å². The maximum atomic E-state index is 12.7. The van der Waals surface area contributed by atoms with Crippen molar-refractivity contribution in [3.63, 3.8) is 0 Å². The van der Waals surface area contributed by atoms with Gasteiger partial charge in [0.2, 0.25) is 11.8 Å². The van der Waals surface area contributed by atoms with Crippen LogP contribution in [0.5, 0.6) is 5.75 Å². The molecule has 2 amide bonds. The Morgan fingerprint density at radius 1 is 1.00 bits per heavy atom. The van der Waals surface area contributed by atoms with Gasteiger partial charge in [0.15, 0.2) is 0 Å². The van der Waals surface area contributed by atoms with Crippen molar-refractivity contribution in [3.05, 3.63) is 65.7 Å². The van der Waals surface area contributed by atoms with E-state index in [2.05, 4.69) is 16.6 Å². The zero-order valence-electron chi connectivity index (χ0n) is 17.1. The number of carbonyl (C=O) groups is 2. The van der Waals surface area contributed by atoms with Gasteiger partial charge in [-0.1, -0.05) is 62.2 Å². The van der Waals surface area contributed by atoms with E-state index in [9.17, 15) is 9.59 Å². The highest BCUT2D eigenvalue weighted by Gasteiger charge is 2.25. The third-order valence-corrected chi connectivity index (χ3v) is 4.53. The molecule has 29 heavy (non-hydrogen) atoms. The first-order chi connectivity index (χ1) is 13.9. The summed E-state index contributed by atoms with van der Waals surface area (Å²) in [6.45, 7) is 5.95. The van der Waals surface area contributed by atoms with Crippen LogP contribution in [0.25, 0.3) is 0 Å². The SMILES string of the molecule is C#CCOc1ccc(CC(=O)NC(C(=O)NC(C)c2ccccc2)C(C)C)cc1. The number of hydrogen-bond acceptors (Lipinski definition) is 3. The van der Waals surface area contributed by atoms with E-state index >= 15 is 0 Å². The van der Waals surface area contributed by atoms with Crippen molar-refractivity contribution in [2.24, 2.45) is 5.92 Å². The first-order valence-electron chi connectivity index (χ1n) is 9.70. The highest BCUT2D eigenvalue weighted by Crippen LogP contribution is 2.14. The summed E-state index contributed by atoms with van der Waals surface area (Å²) in [5, 5.41) is 5.85. The molecule has 0 spiro atoms. The fourth-order valence-electron chi connectivity index (χ4n) is 2.90. The molecule has 2 aromatic rings. The average molecular weight is 392 g/mol. The van der Waals surface area contributed by atoms with Crippen LogP contribution in [0.3, 0.4) is 0 Å². The van der Waals surface area contributed by atoms with Crippen molar-refractivity contribution in [1.29, 1.82) is 0 Å². The van der Waals surface area contributed by atoms with Crippen LogP contribution >= 0.6 is 0 Å². The van der Waals surface area contributed by atoms with Gasteiger partial charge in [-0.05, 0) is 36.1 Å². The second-order valence-electron chi connectivity index (χ2n) is 7.24. The molecule has 0 bridgehead atoms. The molecule has 0 fully saturated rings. The van der Waals surface area contributed by atoms with Crippen LogP contribution in [0.2, 0.25) is 0 Å². The molecule has 2 N–H and O–H groups in total. The maximum absolute atomic E-state index is 12.7. The monoisotopic (exact) mass is 392 g/mol. The lowest BCUT2D eigenvalue weighted by atomic mass is 10.0. The summed E-state index contributed by atoms with van der Waals surface area (Å²) in [6, 6.07) is 16.1. The number of ether oxygens (including phenoxy) is 1. The van der Waals surface area contributed by atoms with E-state index in [0.29, 0.717) is 5.75 Å². The molecule has 0 heterocycles. The molecular formula is C24H28N2O3. The fraction of sp³-hybridized carbons (Fsp3) is 0.333. The van der Waals surface area contributed by atoms with Gasteiger partial charge in [0, 0.05) is 0 Å². The van der Waals surface area contributed by atoms with E-state index in [1.807, 2.05) is 63.2 Å². The van der Waals surface area contributed by atoms with Gasteiger partial charge in [0.25, 0.3) is 0 Å². The molecule has 0 saturated carbocycles. The zero-order chi connectivity index (χ0) is 21.2. The second-order valence-corrected chi connectivity index (χ2v) is 7.24. The lowest BCUT2D eigenvalue weighted by Gasteiger charge is -2.24. The molecule has 0 saturated heterocycles. The fourth-order valence-corrected chi connectivity index (χ4v) is 2.90. The normalized spacial score (nSPS) is 12.5. The summed E-state index contributed by atoms with van der Waals surface area (Å²) in [5.74, 6) is 2.62. The molecule has 0 aliphatic carbocycles. The number of terminal acetylenes is 1. The molecule has 0 radical (unpaired) electrons. The van der Waals surface area contributed by atoms with Gasteiger partial charge in [0.1, 0.15) is 18.4 Å². The first kappa shape index (κ1) is 22.0. The van der Waals surface area contributed by atoms with E-state index in [0.717, 1.165) is 11.1 Å². The maximum Gasteiger partial charge on any atom is 0.243 e. The molecule has 0 aliphatic heterocycles. The van der Waals surface area contributed by atoms with Gasteiger partial charge in [0.05, 0.1) is 12.5 Å². The molecule has 0 aromatic heterocycles. The summed E-state index contributed by atoms with van der Waals surface area (Å²) < 4.78 is 5.33. The van der Waals surface area contributed by atoms with E-state index in [1.54, 1.807) is 12.1 Å². The molecule has 2 atom stereocenters. The molecule has 152 valence electrons.